The van der Waals surface area contributed by atoms with Gasteiger partial charge in [-0.05, 0) is 37.0 Å². The highest BCUT2D eigenvalue weighted by molar-refractivity contribution is 5.77. The number of nitrogens with zero attached hydrogens (tertiary/aromatic N) is 2. The summed E-state index contributed by atoms with van der Waals surface area (Å²) in [6.45, 7) is 5.02. The molecule has 0 N–H and O–H groups in total. The molecule has 1 aromatic carbocycles. The van der Waals surface area contributed by atoms with E-state index in [1.807, 2.05) is 11.0 Å². The van der Waals surface area contributed by atoms with Gasteiger partial charge in [0.05, 0.1) is 11.7 Å². The summed E-state index contributed by atoms with van der Waals surface area (Å²) in [6, 6.07) is 6.75. The van der Waals surface area contributed by atoms with E-state index in [1.165, 1.54) is 6.07 Å². The zero-order valence-corrected chi connectivity index (χ0v) is 15.2. The van der Waals surface area contributed by atoms with Gasteiger partial charge in [-0.1, -0.05) is 12.1 Å². The van der Waals surface area contributed by atoms with Crippen molar-refractivity contribution in [3.8, 4) is 0 Å². The maximum absolute atomic E-state index is 13.3. The van der Waals surface area contributed by atoms with Crippen LogP contribution in [-0.4, -0.2) is 66.8 Å². The van der Waals surface area contributed by atoms with Crippen molar-refractivity contribution in [2.75, 3.05) is 39.4 Å². The van der Waals surface area contributed by atoms with Crippen molar-refractivity contribution < 1.29 is 18.7 Å². The van der Waals surface area contributed by atoms with Gasteiger partial charge < -0.3 is 14.4 Å². The van der Waals surface area contributed by atoms with Crippen LogP contribution < -0.4 is 0 Å². The molecule has 3 aliphatic rings. The number of hydrogen-bond acceptors (Lipinski definition) is 4. The van der Waals surface area contributed by atoms with E-state index in [0.717, 1.165) is 64.0 Å². The maximum Gasteiger partial charge on any atom is 0.248 e. The third kappa shape index (κ3) is 4.08. The van der Waals surface area contributed by atoms with Crippen molar-refractivity contribution in [1.82, 2.24) is 9.80 Å². The minimum atomic E-state index is -0.192. The smallest absolute Gasteiger partial charge is 0.248 e. The summed E-state index contributed by atoms with van der Waals surface area (Å²) in [5, 5.41) is 0. The highest BCUT2D eigenvalue weighted by Crippen LogP contribution is 2.36. The summed E-state index contributed by atoms with van der Waals surface area (Å²) in [5.41, 5.74) is 0.826. The molecular weight excluding hydrogens is 335 g/mol. The summed E-state index contributed by atoms with van der Waals surface area (Å²) in [4.78, 5) is 16.3. The predicted molar refractivity (Wildman–Crippen MR) is 95.1 cm³/mol. The van der Waals surface area contributed by atoms with E-state index in [9.17, 15) is 9.18 Å². The molecule has 3 heterocycles. The molecule has 3 saturated heterocycles. The Bertz CT molecular complexity index is 642. The maximum atomic E-state index is 13.3. The van der Waals surface area contributed by atoms with Gasteiger partial charge in [0.2, 0.25) is 5.91 Å². The standard InChI is InChI=1S/C20H27FN2O3/c21-17-5-3-4-16(10-17)12-22-14-20(15-22)11-18(6-9-26-20)25-13-19(24)23-7-1-2-8-23/h3-5,10,18H,1-2,6-9,11-15H2. The molecule has 3 aliphatic heterocycles. The molecule has 1 aromatic rings. The van der Waals surface area contributed by atoms with Crippen molar-refractivity contribution in [1.29, 1.82) is 0 Å². The van der Waals surface area contributed by atoms with Crippen LogP contribution in [0.25, 0.3) is 0 Å². The molecule has 142 valence electrons. The van der Waals surface area contributed by atoms with Gasteiger partial charge in [-0.2, -0.15) is 0 Å². The fourth-order valence-electron chi connectivity index (χ4n) is 4.37. The Morgan fingerprint density at radius 1 is 1.31 bits per heavy atom. The summed E-state index contributed by atoms with van der Waals surface area (Å²) >= 11 is 0. The van der Waals surface area contributed by atoms with E-state index in [2.05, 4.69) is 4.90 Å². The molecule has 1 atom stereocenters. The first kappa shape index (κ1) is 17.9. The van der Waals surface area contributed by atoms with E-state index in [-0.39, 0.29) is 30.0 Å². The third-order valence-corrected chi connectivity index (χ3v) is 5.67. The Labute approximate surface area is 154 Å². The monoisotopic (exact) mass is 362 g/mol. The molecule has 0 aromatic heterocycles. The van der Waals surface area contributed by atoms with Crippen molar-refractivity contribution >= 4 is 5.91 Å². The zero-order chi connectivity index (χ0) is 18.0. The molecule has 1 amide bonds. The van der Waals surface area contributed by atoms with Crippen LogP contribution in [0.4, 0.5) is 4.39 Å². The lowest BCUT2D eigenvalue weighted by Crippen LogP contribution is -2.65. The van der Waals surface area contributed by atoms with Crippen molar-refractivity contribution in [2.45, 2.75) is 43.9 Å². The molecule has 0 saturated carbocycles. The van der Waals surface area contributed by atoms with Gasteiger partial charge in [0.25, 0.3) is 0 Å². The number of carbonyl (C=O) groups excluding carboxylic acids is 1. The van der Waals surface area contributed by atoms with E-state index in [0.29, 0.717) is 6.61 Å². The lowest BCUT2D eigenvalue weighted by atomic mass is 9.84. The van der Waals surface area contributed by atoms with E-state index >= 15 is 0 Å². The summed E-state index contributed by atoms with van der Waals surface area (Å²) in [7, 11) is 0. The average molecular weight is 362 g/mol. The third-order valence-electron chi connectivity index (χ3n) is 5.67. The molecule has 26 heavy (non-hydrogen) atoms. The molecule has 0 bridgehead atoms. The topological polar surface area (TPSA) is 42.0 Å². The first-order valence-electron chi connectivity index (χ1n) is 9.62. The molecule has 5 nitrogen and oxygen atoms in total. The largest absolute Gasteiger partial charge is 0.372 e. The first-order chi connectivity index (χ1) is 12.6. The molecule has 6 heteroatoms. The number of benzene rings is 1. The molecule has 0 aliphatic carbocycles. The number of halogens is 1. The number of carbonyl (C=O) groups is 1. The lowest BCUT2D eigenvalue weighted by molar-refractivity contribution is -0.200. The second-order valence-electron chi connectivity index (χ2n) is 7.82. The average Bonchev–Trinajstić information content (AvgIpc) is 3.13. The van der Waals surface area contributed by atoms with Crippen molar-refractivity contribution in [2.24, 2.45) is 0 Å². The Balaban J connectivity index is 1.23. The van der Waals surface area contributed by atoms with Gasteiger partial charge in [0, 0.05) is 45.8 Å². The molecule has 3 fully saturated rings. The van der Waals surface area contributed by atoms with Gasteiger partial charge in [0.15, 0.2) is 0 Å². The fraction of sp³-hybridized carbons (Fsp3) is 0.650. The van der Waals surface area contributed by atoms with E-state index in [1.54, 1.807) is 12.1 Å². The van der Waals surface area contributed by atoms with Crippen LogP contribution in [0.15, 0.2) is 24.3 Å². The second-order valence-corrected chi connectivity index (χ2v) is 7.82. The quantitative estimate of drug-likeness (QED) is 0.805. The van der Waals surface area contributed by atoms with Gasteiger partial charge >= 0.3 is 0 Å². The normalized spacial score (nSPS) is 25.4. The summed E-state index contributed by atoms with van der Waals surface area (Å²) in [5.74, 6) is -0.0767. The second kappa shape index (κ2) is 7.62. The van der Waals surface area contributed by atoms with Gasteiger partial charge in [-0.15, -0.1) is 0 Å². The van der Waals surface area contributed by atoms with Crippen molar-refractivity contribution in [3.05, 3.63) is 35.6 Å². The number of hydrogen-bond donors (Lipinski definition) is 0. The lowest BCUT2D eigenvalue weighted by Gasteiger charge is -2.53. The molecule has 1 spiro atoms. The highest BCUT2D eigenvalue weighted by Gasteiger charge is 2.47. The molecule has 1 unspecified atom stereocenters. The Morgan fingerprint density at radius 2 is 2.12 bits per heavy atom. The minimum absolute atomic E-state index is 0.0895. The first-order valence-corrected chi connectivity index (χ1v) is 9.62. The van der Waals surface area contributed by atoms with Crippen LogP contribution in [0.5, 0.6) is 0 Å². The van der Waals surface area contributed by atoms with Crippen LogP contribution in [0.3, 0.4) is 0 Å². The number of ether oxygens (including phenoxy) is 2. The zero-order valence-electron chi connectivity index (χ0n) is 15.2. The van der Waals surface area contributed by atoms with E-state index in [4.69, 9.17) is 9.47 Å². The number of rotatable bonds is 5. The number of amides is 1. The fourth-order valence-corrected chi connectivity index (χ4v) is 4.37. The van der Waals surface area contributed by atoms with Crippen LogP contribution >= 0.6 is 0 Å². The molecule has 0 radical (unpaired) electrons. The van der Waals surface area contributed by atoms with Crippen LogP contribution in [0.2, 0.25) is 0 Å². The summed E-state index contributed by atoms with van der Waals surface area (Å²) < 4.78 is 25.3. The highest BCUT2D eigenvalue weighted by atomic mass is 19.1. The molecule has 4 rings (SSSR count). The SMILES string of the molecule is O=C(COC1CCOC2(C1)CN(Cc1cccc(F)c1)C2)N1CCCC1. The number of likely N-dealkylation sites (tertiary alicyclic amines) is 2. The Kier molecular flexibility index (Phi) is 5.25. The Morgan fingerprint density at radius 3 is 2.88 bits per heavy atom. The van der Waals surface area contributed by atoms with Crippen LogP contribution in [0.1, 0.15) is 31.2 Å². The minimum Gasteiger partial charge on any atom is -0.372 e. The van der Waals surface area contributed by atoms with Crippen LogP contribution in [-0.2, 0) is 20.8 Å². The predicted octanol–water partition coefficient (Wildman–Crippen LogP) is 2.20. The summed E-state index contributed by atoms with van der Waals surface area (Å²) in [6.07, 6.45) is 3.98. The van der Waals surface area contributed by atoms with E-state index < -0.39 is 0 Å². The van der Waals surface area contributed by atoms with Crippen molar-refractivity contribution in [3.63, 3.8) is 0 Å². The van der Waals surface area contributed by atoms with Gasteiger partial charge in [-0.25, -0.2) is 4.39 Å². The van der Waals surface area contributed by atoms with Crippen LogP contribution in [0, 0.1) is 5.82 Å². The van der Waals surface area contributed by atoms with Gasteiger partial charge in [-0.3, -0.25) is 9.69 Å². The molecular formula is C20H27FN2O3. The van der Waals surface area contributed by atoms with Gasteiger partial charge in [0.1, 0.15) is 12.4 Å². The Hall–Kier alpha value is -1.50.